The van der Waals surface area contributed by atoms with Gasteiger partial charge in [-0.25, -0.2) is 0 Å². The molecule has 0 radical (unpaired) electrons. The molecule has 2 aliphatic rings. The van der Waals surface area contributed by atoms with E-state index in [4.69, 9.17) is 0 Å². The van der Waals surface area contributed by atoms with Gasteiger partial charge in [0.05, 0.1) is 11.9 Å². The second-order valence-electron chi connectivity index (χ2n) is 15.3. The van der Waals surface area contributed by atoms with E-state index in [1.807, 2.05) is 43.0 Å². The molecular formula is C56H39N3. The number of aromatic nitrogens is 2. The Morgan fingerprint density at radius 3 is 1.59 bits per heavy atom. The van der Waals surface area contributed by atoms with Gasteiger partial charge in [-0.15, -0.1) is 0 Å². The summed E-state index contributed by atoms with van der Waals surface area (Å²) in [6.45, 7) is 0. The number of hydrogen-bond acceptors (Lipinski definition) is 3. The van der Waals surface area contributed by atoms with Crippen LogP contribution in [0.25, 0.3) is 66.4 Å². The molecule has 0 amide bonds. The minimum absolute atomic E-state index is 0.851. The number of rotatable bonds is 7. The molecule has 0 atom stereocenters. The van der Waals surface area contributed by atoms with Crippen molar-refractivity contribution in [3.8, 4) is 44.5 Å². The van der Waals surface area contributed by atoms with Gasteiger partial charge in [0.1, 0.15) is 0 Å². The maximum absolute atomic E-state index is 4.49. The van der Waals surface area contributed by atoms with Crippen molar-refractivity contribution in [2.45, 2.75) is 12.8 Å². The third kappa shape index (κ3) is 6.16. The summed E-state index contributed by atoms with van der Waals surface area (Å²) in [5, 5.41) is 2.57. The van der Waals surface area contributed by atoms with Gasteiger partial charge in [-0.1, -0.05) is 140 Å². The van der Waals surface area contributed by atoms with E-state index >= 15 is 0 Å². The Hall–Kier alpha value is -7.62. The van der Waals surface area contributed by atoms with Crippen LogP contribution in [0.1, 0.15) is 22.3 Å². The number of anilines is 3. The number of benzene rings is 7. The minimum atomic E-state index is 0.851. The first-order chi connectivity index (χ1) is 29.3. The first-order valence-electron chi connectivity index (χ1n) is 20.3. The van der Waals surface area contributed by atoms with E-state index in [1.165, 1.54) is 77.6 Å². The van der Waals surface area contributed by atoms with Crippen LogP contribution in [0, 0.1) is 0 Å². The van der Waals surface area contributed by atoms with Crippen molar-refractivity contribution >= 4 is 39.0 Å². The van der Waals surface area contributed by atoms with E-state index in [0.29, 0.717) is 0 Å². The van der Waals surface area contributed by atoms with E-state index in [-0.39, 0.29) is 0 Å². The molecule has 7 aromatic carbocycles. The van der Waals surface area contributed by atoms with Crippen LogP contribution in [0.15, 0.2) is 213 Å². The van der Waals surface area contributed by atoms with Crippen molar-refractivity contribution < 1.29 is 0 Å². The van der Waals surface area contributed by atoms with E-state index < -0.39 is 0 Å². The lowest BCUT2D eigenvalue weighted by atomic mass is 9.71. The maximum Gasteiger partial charge on any atom is 0.0644 e. The summed E-state index contributed by atoms with van der Waals surface area (Å²) in [6, 6.07) is 63.9. The van der Waals surface area contributed by atoms with Gasteiger partial charge in [0.15, 0.2) is 0 Å². The Morgan fingerprint density at radius 2 is 0.949 bits per heavy atom. The minimum Gasteiger partial charge on any atom is -0.309 e. The lowest BCUT2D eigenvalue weighted by Gasteiger charge is -2.32. The zero-order chi connectivity index (χ0) is 39.1. The molecule has 0 saturated heterocycles. The number of nitrogens with zero attached hydrogens (tertiary/aromatic N) is 3. The van der Waals surface area contributed by atoms with E-state index in [0.717, 1.165) is 41.0 Å². The fraction of sp³-hybridized carbons (Fsp3) is 0.0357. The van der Waals surface area contributed by atoms with Crippen molar-refractivity contribution in [1.29, 1.82) is 0 Å². The highest BCUT2D eigenvalue weighted by Gasteiger charge is 2.31. The van der Waals surface area contributed by atoms with Gasteiger partial charge in [0, 0.05) is 30.0 Å². The summed E-state index contributed by atoms with van der Waals surface area (Å²) in [7, 11) is 0. The predicted molar refractivity (Wildman–Crippen MR) is 246 cm³/mol. The fourth-order valence-electron chi connectivity index (χ4n) is 9.27. The van der Waals surface area contributed by atoms with Gasteiger partial charge >= 0.3 is 0 Å². The Morgan fingerprint density at radius 1 is 0.356 bits per heavy atom. The van der Waals surface area contributed by atoms with Crippen molar-refractivity contribution in [2.75, 3.05) is 4.90 Å². The third-order valence-electron chi connectivity index (χ3n) is 12.0. The molecule has 0 aliphatic heterocycles. The Labute approximate surface area is 345 Å². The van der Waals surface area contributed by atoms with Gasteiger partial charge in [-0.2, -0.15) is 0 Å². The van der Waals surface area contributed by atoms with Gasteiger partial charge in [-0.05, 0) is 150 Å². The van der Waals surface area contributed by atoms with Crippen LogP contribution in [-0.4, -0.2) is 9.97 Å². The molecule has 0 N–H and O–H groups in total. The van der Waals surface area contributed by atoms with Crippen LogP contribution in [0.2, 0.25) is 0 Å². The number of pyridine rings is 2. The van der Waals surface area contributed by atoms with Gasteiger partial charge in [0.25, 0.3) is 0 Å². The summed E-state index contributed by atoms with van der Waals surface area (Å²) in [6.07, 6.45) is 14.0. The summed E-state index contributed by atoms with van der Waals surface area (Å²) in [5.41, 5.74) is 21.3. The average molecular weight is 754 g/mol. The molecule has 2 heterocycles. The normalized spacial score (nSPS) is 14.6. The summed E-state index contributed by atoms with van der Waals surface area (Å²) < 4.78 is 0. The number of hydrogen-bond donors (Lipinski definition) is 0. The van der Waals surface area contributed by atoms with Crippen molar-refractivity contribution in [2.24, 2.45) is 0 Å². The zero-order valence-corrected chi connectivity index (χ0v) is 32.5. The Balaban J connectivity index is 1.06. The number of fused-ring (bicyclic) bond motifs is 5. The summed E-state index contributed by atoms with van der Waals surface area (Å²) in [4.78, 5) is 11.0. The summed E-state index contributed by atoms with van der Waals surface area (Å²) >= 11 is 0. The van der Waals surface area contributed by atoms with Crippen LogP contribution < -0.4 is 4.90 Å². The van der Waals surface area contributed by atoms with E-state index in [1.54, 1.807) is 0 Å². The highest BCUT2D eigenvalue weighted by molar-refractivity contribution is 6.17. The molecule has 9 aromatic rings. The molecule has 0 unspecified atom stereocenters. The monoisotopic (exact) mass is 753 g/mol. The predicted octanol–water partition coefficient (Wildman–Crippen LogP) is 14.3. The molecule has 59 heavy (non-hydrogen) atoms. The first kappa shape index (κ1) is 34.6. The standard InChI is InChI=1S/C56H39N3/c1-3-11-41(12-4-1)53-49-17-7-8-18-50(49)54(42-13-5-2-6-14-42)56-51-19-9-15-44-35-43(20-21-45(55(53)56)36-52(44)51)39-24-28-47(29-25-39)59(48-16-10-32-58-37-48)46-26-22-38(23-27-46)40-30-33-57-34-31-40/h1-34,37H,35-36H2/b43-20+,45-21+. The highest BCUT2D eigenvalue weighted by Crippen LogP contribution is 2.54. The van der Waals surface area contributed by atoms with Crippen LogP contribution in [0.4, 0.5) is 17.1 Å². The molecule has 0 saturated carbocycles. The average Bonchev–Trinajstić information content (AvgIpc) is 3.30. The Kier molecular flexibility index (Phi) is 8.63. The molecule has 3 nitrogen and oxygen atoms in total. The van der Waals surface area contributed by atoms with Crippen LogP contribution in [0.5, 0.6) is 0 Å². The Bertz CT molecular complexity index is 3040. The third-order valence-corrected chi connectivity index (χ3v) is 12.0. The van der Waals surface area contributed by atoms with Crippen LogP contribution in [0.3, 0.4) is 0 Å². The lowest BCUT2D eigenvalue weighted by molar-refractivity contribution is 1.14. The van der Waals surface area contributed by atoms with E-state index in [9.17, 15) is 0 Å². The summed E-state index contributed by atoms with van der Waals surface area (Å²) in [5.74, 6) is 0. The second-order valence-corrected chi connectivity index (χ2v) is 15.3. The van der Waals surface area contributed by atoms with Crippen molar-refractivity contribution in [3.63, 3.8) is 0 Å². The van der Waals surface area contributed by atoms with Gasteiger partial charge in [-0.3, -0.25) is 9.97 Å². The second kappa shape index (κ2) is 14.7. The molecule has 11 rings (SSSR count). The molecule has 2 bridgehead atoms. The molecule has 2 aliphatic carbocycles. The topological polar surface area (TPSA) is 29.0 Å². The smallest absolute Gasteiger partial charge is 0.0644 e. The van der Waals surface area contributed by atoms with E-state index in [2.05, 4.69) is 185 Å². The molecule has 2 aromatic heterocycles. The number of allylic oxidation sites excluding steroid dienone is 4. The van der Waals surface area contributed by atoms with Crippen LogP contribution in [-0.2, 0) is 12.8 Å². The SMILES string of the molecule is C1=C(/c2ccc(N(c3ccc(-c4ccncc4)cc3)c3cccnc3)cc2)Cc2cccc3c2C\C(=C/1)c1c-3c(-c2ccccc2)c2ccccc2c1-c1ccccc1. The van der Waals surface area contributed by atoms with Gasteiger partial charge in [0.2, 0.25) is 0 Å². The van der Waals surface area contributed by atoms with Gasteiger partial charge < -0.3 is 4.90 Å². The highest BCUT2D eigenvalue weighted by atomic mass is 15.1. The molecule has 3 heteroatoms. The zero-order valence-electron chi connectivity index (χ0n) is 32.5. The fourth-order valence-corrected chi connectivity index (χ4v) is 9.27. The van der Waals surface area contributed by atoms with Crippen molar-refractivity contribution in [1.82, 2.24) is 9.97 Å². The maximum atomic E-state index is 4.49. The van der Waals surface area contributed by atoms with Crippen molar-refractivity contribution in [3.05, 3.63) is 235 Å². The first-order valence-corrected chi connectivity index (χ1v) is 20.3. The molecule has 278 valence electrons. The largest absolute Gasteiger partial charge is 0.309 e. The molecule has 0 fully saturated rings. The molecule has 0 spiro atoms. The molecular weight excluding hydrogens is 715 g/mol. The van der Waals surface area contributed by atoms with Crippen LogP contribution >= 0.6 is 0 Å². The lowest BCUT2D eigenvalue weighted by Crippen LogP contribution is -2.12. The quantitative estimate of drug-likeness (QED) is 0.162.